The molecule has 5 heteroatoms. The smallest absolute Gasteiger partial charge is 0.260 e. The summed E-state index contributed by atoms with van der Waals surface area (Å²) >= 11 is 5.63. The second-order valence-electron chi connectivity index (χ2n) is 3.37. The van der Waals surface area contributed by atoms with Crippen molar-refractivity contribution in [3.05, 3.63) is 23.5 Å². The first-order valence-corrected chi connectivity index (χ1v) is 5.57. The summed E-state index contributed by atoms with van der Waals surface area (Å²) in [5, 5.41) is 3.15. The Kier molecular flexibility index (Phi) is 5.05. The molecule has 0 aliphatic carbocycles. The zero-order valence-electron chi connectivity index (χ0n) is 9.37. The third-order valence-electron chi connectivity index (χ3n) is 1.93. The van der Waals surface area contributed by atoms with Crippen LogP contribution >= 0.6 is 11.6 Å². The molecule has 0 aliphatic heterocycles. The van der Waals surface area contributed by atoms with Crippen LogP contribution in [-0.2, 0) is 4.79 Å². The predicted molar refractivity (Wildman–Crippen MR) is 62.6 cm³/mol. The van der Waals surface area contributed by atoms with E-state index in [1.54, 1.807) is 19.1 Å². The number of carbonyl (C=O) groups excluding carboxylic acids is 1. The zero-order valence-corrected chi connectivity index (χ0v) is 10.1. The Morgan fingerprint density at radius 2 is 2.38 bits per heavy atom. The Morgan fingerprint density at radius 1 is 1.62 bits per heavy atom. The van der Waals surface area contributed by atoms with Gasteiger partial charge in [0.2, 0.25) is 0 Å². The topological polar surface area (TPSA) is 51.2 Å². The van der Waals surface area contributed by atoms with E-state index in [1.165, 1.54) is 6.20 Å². The lowest BCUT2D eigenvalue weighted by Gasteiger charge is -2.13. The van der Waals surface area contributed by atoms with Gasteiger partial charge in [0.05, 0.1) is 6.20 Å². The summed E-state index contributed by atoms with van der Waals surface area (Å²) in [6.45, 7) is 4.35. The van der Waals surface area contributed by atoms with Crippen LogP contribution in [0.1, 0.15) is 20.3 Å². The third-order valence-corrected chi connectivity index (χ3v) is 2.16. The maximum Gasteiger partial charge on any atom is 0.260 e. The van der Waals surface area contributed by atoms with E-state index >= 15 is 0 Å². The fourth-order valence-electron chi connectivity index (χ4n) is 1.08. The van der Waals surface area contributed by atoms with Gasteiger partial charge >= 0.3 is 0 Å². The van der Waals surface area contributed by atoms with Crippen molar-refractivity contribution < 1.29 is 9.53 Å². The highest BCUT2D eigenvalue weighted by atomic mass is 35.5. The van der Waals surface area contributed by atoms with Crippen LogP contribution in [0.5, 0.6) is 5.75 Å². The summed E-state index contributed by atoms with van der Waals surface area (Å²) in [5.74, 6) is 0.403. The lowest BCUT2D eigenvalue weighted by atomic mass is 10.3. The largest absolute Gasteiger partial charge is 0.479 e. The van der Waals surface area contributed by atoms with Crippen LogP contribution in [0.15, 0.2) is 18.3 Å². The molecule has 1 amide bonds. The molecule has 0 bridgehead atoms. The zero-order chi connectivity index (χ0) is 12.0. The van der Waals surface area contributed by atoms with Gasteiger partial charge in [-0.1, -0.05) is 18.5 Å². The quantitative estimate of drug-likeness (QED) is 0.804. The Hall–Kier alpha value is -1.29. The minimum Gasteiger partial charge on any atom is -0.479 e. The molecule has 0 saturated heterocycles. The number of nitrogens with one attached hydrogen (secondary N) is 1. The van der Waals surface area contributed by atoms with E-state index < -0.39 is 6.10 Å². The summed E-state index contributed by atoms with van der Waals surface area (Å²) in [4.78, 5) is 15.4. The number of nitrogens with zero attached hydrogens (tertiary/aromatic N) is 1. The first-order valence-electron chi connectivity index (χ1n) is 5.19. The van der Waals surface area contributed by atoms with E-state index in [0.717, 1.165) is 6.42 Å². The average molecular weight is 243 g/mol. The van der Waals surface area contributed by atoms with Gasteiger partial charge in [-0.25, -0.2) is 4.98 Å². The van der Waals surface area contributed by atoms with E-state index in [2.05, 4.69) is 10.3 Å². The molecule has 0 aromatic carbocycles. The van der Waals surface area contributed by atoms with Crippen LogP contribution in [0.4, 0.5) is 0 Å². The maximum atomic E-state index is 11.5. The van der Waals surface area contributed by atoms with Crippen LogP contribution < -0.4 is 10.1 Å². The van der Waals surface area contributed by atoms with Crippen molar-refractivity contribution in [1.82, 2.24) is 10.3 Å². The molecule has 4 nitrogen and oxygen atoms in total. The highest BCUT2D eigenvalue weighted by Crippen LogP contribution is 2.13. The highest BCUT2D eigenvalue weighted by Gasteiger charge is 2.13. The molecule has 0 aliphatic rings. The van der Waals surface area contributed by atoms with Crippen molar-refractivity contribution >= 4 is 17.5 Å². The third kappa shape index (κ3) is 4.06. The number of pyridine rings is 1. The van der Waals surface area contributed by atoms with Gasteiger partial charge < -0.3 is 10.1 Å². The lowest BCUT2D eigenvalue weighted by molar-refractivity contribution is -0.127. The van der Waals surface area contributed by atoms with Crippen molar-refractivity contribution in [3.8, 4) is 5.75 Å². The summed E-state index contributed by atoms with van der Waals surface area (Å²) in [5.41, 5.74) is 0. The van der Waals surface area contributed by atoms with Crippen LogP contribution in [0.25, 0.3) is 0 Å². The molecule has 1 N–H and O–H groups in total. The number of ether oxygens (including phenoxy) is 1. The maximum absolute atomic E-state index is 11.5. The lowest BCUT2D eigenvalue weighted by Crippen LogP contribution is -2.36. The predicted octanol–water partition coefficient (Wildman–Crippen LogP) is 2.03. The first kappa shape index (κ1) is 12.8. The molecule has 0 spiro atoms. The Labute approximate surface area is 100.0 Å². The molecule has 1 heterocycles. The first-order chi connectivity index (χ1) is 7.63. The van der Waals surface area contributed by atoms with Crippen LogP contribution in [0.2, 0.25) is 5.15 Å². The molecule has 0 radical (unpaired) electrons. The summed E-state index contributed by atoms with van der Waals surface area (Å²) < 4.78 is 5.39. The molecule has 0 fully saturated rings. The number of hydrogen-bond acceptors (Lipinski definition) is 3. The molecule has 0 saturated carbocycles. The molecular formula is C11H15ClN2O2. The summed E-state index contributed by atoms with van der Waals surface area (Å²) in [6, 6.07) is 3.30. The van der Waals surface area contributed by atoms with Crippen molar-refractivity contribution in [2.24, 2.45) is 0 Å². The fraction of sp³-hybridized carbons (Fsp3) is 0.455. The number of carbonyl (C=O) groups is 1. The fourth-order valence-corrected chi connectivity index (χ4v) is 1.19. The van der Waals surface area contributed by atoms with E-state index in [9.17, 15) is 4.79 Å². The van der Waals surface area contributed by atoms with Crippen molar-refractivity contribution in [1.29, 1.82) is 0 Å². The van der Waals surface area contributed by atoms with Gasteiger partial charge in [0.15, 0.2) is 6.10 Å². The monoisotopic (exact) mass is 242 g/mol. The van der Waals surface area contributed by atoms with Crippen LogP contribution in [-0.4, -0.2) is 23.5 Å². The van der Waals surface area contributed by atoms with Crippen LogP contribution in [0, 0.1) is 0 Å². The molecule has 1 rings (SSSR count). The molecule has 1 aromatic rings. The number of rotatable bonds is 5. The van der Waals surface area contributed by atoms with E-state index in [-0.39, 0.29) is 5.91 Å². The second kappa shape index (κ2) is 6.33. The van der Waals surface area contributed by atoms with Gasteiger partial charge in [0.25, 0.3) is 5.91 Å². The van der Waals surface area contributed by atoms with Crippen molar-refractivity contribution in [3.63, 3.8) is 0 Å². The SMILES string of the molecule is CCCNC(=O)C(C)Oc1ccc(Cl)nc1. The normalized spacial score (nSPS) is 11.9. The summed E-state index contributed by atoms with van der Waals surface area (Å²) in [7, 11) is 0. The number of halogens is 1. The van der Waals surface area contributed by atoms with Crippen molar-refractivity contribution in [2.45, 2.75) is 26.4 Å². The molecule has 88 valence electrons. The van der Waals surface area contributed by atoms with Gasteiger partial charge in [0.1, 0.15) is 10.9 Å². The van der Waals surface area contributed by atoms with E-state index in [4.69, 9.17) is 16.3 Å². The summed E-state index contributed by atoms with van der Waals surface area (Å²) in [6.07, 6.45) is 1.86. The molecule has 16 heavy (non-hydrogen) atoms. The van der Waals surface area contributed by atoms with Gasteiger partial charge in [-0.15, -0.1) is 0 Å². The number of aromatic nitrogens is 1. The highest BCUT2D eigenvalue weighted by molar-refractivity contribution is 6.29. The molecule has 1 aromatic heterocycles. The van der Waals surface area contributed by atoms with Crippen LogP contribution in [0.3, 0.4) is 0 Å². The van der Waals surface area contributed by atoms with E-state index in [1.807, 2.05) is 6.92 Å². The second-order valence-corrected chi connectivity index (χ2v) is 3.75. The molecular weight excluding hydrogens is 228 g/mol. The van der Waals surface area contributed by atoms with Gasteiger partial charge in [-0.2, -0.15) is 0 Å². The minimum atomic E-state index is -0.533. The van der Waals surface area contributed by atoms with Gasteiger partial charge in [0, 0.05) is 6.54 Å². The number of amides is 1. The van der Waals surface area contributed by atoms with E-state index in [0.29, 0.717) is 17.4 Å². The Balaban J connectivity index is 2.47. The molecule has 1 atom stereocenters. The standard InChI is InChI=1S/C11H15ClN2O2/c1-3-6-13-11(15)8(2)16-9-4-5-10(12)14-7-9/h4-5,7-8H,3,6H2,1-2H3,(H,13,15). The van der Waals surface area contributed by atoms with Gasteiger partial charge in [-0.05, 0) is 25.5 Å². The Bertz CT molecular complexity index is 340. The Morgan fingerprint density at radius 3 is 2.94 bits per heavy atom. The minimum absolute atomic E-state index is 0.128. The van der Waals surface area contributed by atoms with Crippen molar-refractivity contribution in [2.75, 3.05) is 6.54 Å². The average Bonchev–Trinajstić information content (AvgIpc) is 2.29. The number of hydrogen-bond donors (Lipinski definition) is 1. The van der Waals surface area contributed by atoms with Gasteiger partial charge in [-0.3, -0.25) is 4.79 Å². The molecule has 1 unspecified atom stereocenters.